The standard InChI is InChI=1S/C15H18BrNO4.ClH/c1-9-10-7-11(16)13(19-4)8-12(10)21-14(9)15(18)20-6-5-17(2)3;/h7-8H,5-6H2,1-4H3;1H. The van der Waals surface area contributed by atoms with E-state index in [0.717, 1.165) is 15.4 Å². The van der Waals surface area contributed by atoms with Crippen molar-refractivity contribution in [3.8, 4) is 5.75 Å². The number of hydrogen-bond donors (Lipinski definition) is 0. The van der Waals surface area contributed by atoms with Crippen molar-refractivity contribution in [2.75, 3.05) is 34.4 Å². The molecular formula is C15H19BrClNO4. The van der Waals surface area contributed by atoms with Gasteiger partial charge in [0.05, 0.1) is 11.6 Å². The smallest absolute Gasteiger partial charge is 0.374 e. The SMILES string of the molecule is COc1cc2oc(C(=O)OCCN(C)C)c(C)c2cc1Br.Cl. The molecule has 0 saturated heterocycles. The Morgan fingerprint density at radius 1 is 1.36 bits per heavy atom. The van der Waals surface area contributed by atoms with Crippen molar-refractivity contribution in [3.63, 3.8) is 0 Å². The molecule has 0 aliphatic carbocycles. The van der Waals surface area contributed by atoms with Crippen molar-refractivity contribution in [1.29, 1.82) is 0 Å². The monoisotopic (exact) mass is 391 g/mol. The highest BCUT2D eigenvalue weighted by Gasteiger charge is 2.20. The van der Waals surface area contributed by atoms with Gasteiger partial charge in [-0.05, 0) is 43.0 Å². The molecule has 0 fully saturated rings. The summed E-state index contributed by atoms with van der Waals surface area (Å²) in [6.07, 6.45) is 0. The van der Waals surface area contributed by atoms with E-state index in [0.29, 0.717) is 24.5 Å². The number of nitrogens with zero attached hydrogens (tertiary/aromatic N) is 1. The first kappa shape index (κ1) is 18.8. The summed E-state index contributed by atoms with van der Waals surface area (Å²) in [6.45, 7) is 2.84. The van der Waals surface area contributed by atoms with Gasteiger partial charge in [-0.1, -0.05) is 0 Å². The van der Waals surface area contributed by atoms with Crippen LogP contribution in [-0.4, -0.2) is 45.2 Å². The zero-order chi connectivity index (χ0) is 15.6. The van der Waals surface area contributed by atoms with E-state index in [-0.39, 0.29) is 18.2 Å². The zero-order valence-electron chi connectivity index (χ0n) is 12.9. The first-order valence-electron chi connectivity index (χ1n) is 6.52. The van der Waals surface area contributed by atoms with Gasteiger partial charge in [0, 0.05) is 23.6 Å². The molecule has 5 nitrogen and oxygen atoms in total. The Morgan fingerprint density at radius 2 is 2.05 bits per heavy atom. The maximum Gasteiger partial charge on any atom is 0.374 e. The number of furan rings is 1. The lowest BCUT2D eigenvalue weighted by molar-refractivity contribution is 0.0447. The first-order chi connectivity index (χ1) is 9.93. The third-order valence-corrected chi connectivity index (χ3v) is 3.79. The summed E-state index contributed by atoms with van der Waals surface area (Å²) in [4.78, 5) is 14.0. The topological polar surface area (TPSA) is 51.9 Å². The van der Waals surface area contributed by atoms with E-state index in [9.17, 15) is 4.79 Å². The zero-order valence-corrected chi connectivity index (χ0v) is 15.3. The lowest BCUT2D eigenvalue weighted by Crippen LogP contribution is -2.20. The average Bonchev–Trinajstić information content (AvgIpc) is 2.74. The van der Waals surface area contributed by atoms with Gasteiger partial charge in [-0.25, -0.2) is 4.79 Å². The van der Waals surface area contributed by atoms with Crippen LogP contribution in [-0.2, 0) is 4.74 Å². The van der Waals surface area contributed by atoms with Crippen LogP contribution in [0.5, 0.6) is 5.75 Å². The van der Waals surface area contributed by atoms with Gasteiger partial charge in [0.25, 0.3) is 0 Å². The van der Waals surface area contributed by atoms with Crippen LogP contribution in [0, 0.1) is 6.92 Å². The minimum absolute atomic E-state index is 0. The quantitative estimate of drug-likeness (QED) is 0.727. The minimum Gasteiger partial charge on any atom is -0.495 e. The number of carbonyl (C=O) groups is 1. The Bertz CT molecular complexity index is 669. The van der Waals surface area contributed by atoms with E-state index < -0.39 is 5.97 Å². The van der Waals surface area contributed by atoms with Gasteiger partial charge in [0.15, 0.2) is 0 Å². The second-order valence-corrected chi connectivity index (χ2v) is 5.83. The number of carbonyl (C=O) groups excluding carboxylic acids is 1. The van der Waals surface area contributed by atoms with E-state index in [4.69, 9.17) is 13.9 Å². The Kier molecular flexibility index (Phi) is 6.71. The maximum atomic E-state index is 12.1. The molecule has 0 aliphatic rings. The Labute approximate surface area is 144 Å². The van der Waals surface area contributed by atoms with Gasteiger partial charge in [-0.15, -0.1) is 12.4 Å². The number of aryl methyl sites for hydroxylation is 1. The maximum absolute atomic E-state index is 12.1. The lowest BCUT2D eigenvalue weighted by Gasteiger charge is -2.09. The van der Waals surface area contributed by atoms with Crippen LogP contribution in [0.4, 0.5) is 0 Å². The predicted octanol–water partition coefficient (Wildman–Crippen LogP) is 3.65. The summed E-state index contributed by atoms with van der Waals surface area (Å²) in [6, 6.07) is 3.63. The molecule has 0 radical (unpaired) electrons. The number of ether oxygens (including phenoxy) is 2. The van der Waals surface area contributed by atoms with Crippen LogP contribution in [0.3, 0.4) is 0 Å². The number of rotatable bonds is 5. The van der Waals surface area contributed by atoms with E-state index in [1.54, 1.807) is 13.2 Å². The molecule has 1 aromatic heterocycles. The van der Waals surface area contributed by atoms with Gasteiger partial charge in [-0.3, -0.25) is 0 Å². The fraction of sp³-hybridized carbons (Fsp3) is 0.400. The molecule has 22 heavy (non-hydrogen) atoms. The van der Waals surface area contributed by atoms with Crippen LogP contribution in [0.1, 0.15) is 16.1 Å². The van der Waals surface area contributed by atoms with Crippen molar-refractivity contribution in [2.24, 2.45) is 0 Å². The number of fused-ring (bicyclic) bond motifs is 1. The Hall–Kier alpha value is -1.24. The molecular weight excluding hydrogens is 374 g/mol. The molecule has 1 aromatic carbocycles. The molecule has 0 atom stereocenters. The van der Waals surface area contributed by atoms with Gasteiger partial charge < -0.3 is 18.8 Å². The van der Waals surface area contributed by atoms with Crippen molar-refractivity contribution in [2.45, 2.75) is 6.92 Å². The summed E-state index contributed by atoms with van der Waals surface area (Å²) >= 11 is 3.43. The largest absolute Gasteiger partial charge is 0.495 e. The summed E-state index contributed by atoms with van der Waals surface area (Å²) in [5.74, 6) is 0.452. The molecule has 0 amide bonds. The Morgan fingerprint density at radius 3 is 2.64 bits per heavy atom. The molecule has 2 aromatic rings. The second-order valence-electron chi connectivity index (χ2n) is 4.98. The summed E-state index contributed by atoms with van der Waals surface area (Å²) in [7, 11) is 5.42. The average molecular weight is 393 g/mol. The second kappa shape index (κ2) is 7.85. The fourth-order valence-electron chi connectivity index (χ4n) is 1.96. The normalized spacial score (nSPS) is 10.6. The third-order valence-electron chi connectivity index (χ3n) is 3.17. The molecule has 122 valence electrons. The van der Waals surface area contributed by atoms with E-state index in [1.807, 2.05) is 32.0 Å². The predicted molar refractivity (Wildman–Crippen MR) is 91.3 cm³/mol. The van der Waals surface area contributed by atoms with Crippen LogP contribution in [0.2, 0.25) is 0 Å². The van der Waals surface area contributed by atoms with Gasteiger partial charge in [0.2, 0.25) is 5.76 Å². The number of esters is 1. The minimum atomic E-state index is -0.444. The van der Waals surface area contributed by atoms with E-state index in [1.165, 1.54) is 0 Å². The number of hydrogen-bond acceptors (Lipinski definition) is 5. The van der Waals surface area contributed by atoms with Crippen LogP contribution >= 0.6 is 28.3 Å². The van der Waals surface area contributed by atoms with Crippen LogP contribution < -0.4 is 4.74 Å². The summed E-state index contributed by atoms with van der Waals surface area (Å²) < 4.78 is 16.9. The summed E-state index contributed by atoms with van der Waals surface area (Å²) in [5.41, 5.74) is 1.37. The van der Waals surface area contributed by atoms with Gasteiger partial charge >= 0.3 is 5.97 Å². The van der Waals surface area contributed by atoms with Crippen LogP contribution in [0.15, 0.2) is 21.0 Å². The number of likely N-dealkylation sites (N-methyl/N-ethyl adjacent to an activating group) is 1. The molecule has 0 unspecified atom stereocenters. The Balaban J connectivity index is 0.00000242. The lowest BCUT2D eigenvalue weighted by atomic mass is 10.1. The molecule has 0 spiro atoms. The molecule has 7 heteroatoms. The van der Waals surface area contributed by atoms with Crippen molar-refractivity contribution in [1.82, 2.24) is 4.90 Å². The van der Waals surface area contributed by atoms with Gasteiger partial charge in [-0.2, -0.15) is 0 Å². The number of halogens is 2. The fourth-order valence-corrected chi connectivity index (χ4v) is 2.46. The van der Waals surface area contributed by atoms with E-state index >= 15 is 0 Å². The molecule has 1 heterocycles. The van der Waals surface area contributed by atoms with Crippen molar-refractivity contribution in [3.05, 3.63) is 27.9 Å². The van der Waals surface area contributed by atoms with Crippen molar-refractivity contribution < 1.29 is 18.7 Å². The first-order valence-corrected chi connectivity index (χ1v) is 7.31. The third kappa shape index (κ3) is 3.94. The van der Waals surface area contributed by atoms with Crippen molar-refractivity contribution >= 4 is 45.3 Å². The number of methoxy groups -OCH3 is 1. The van der Waals surface area contributed by atoms with Crippen LogP contribution in [0.25, 0.3) is 11.0 Å². The number of benzene rings is 1. The van der Waals surface area contributed by atoms with E-state index in [2.05, 4.69) is 15.9 Å². The molecule has 0 N–H and O–H groups in total. The molecule has 0 saturated carbocycles. The highest BCUT2D eigenvalue weighted by atomic mass is 79.9. The highest BCUT2D eigenvalue weighted by Crippen LogP contribution is 2.34. The summed E-state index contributed by atoms with van der Waals surface area (Å²) in [5, 5.41) is 0.863. The van der Waals surface area contributed by atoms with Gasteiger partial charge in [0.1, 0.15) is 17.9 Å². The molecule has 0 bridgehead atoms. The molecule has 0 aliphatic heterocycles. The highest BCUT2D eigenvalue weighted by molar-refractivity contribution is 9.10. The molecule has 2 rings (SSSR count).